The third-order valence-electron chi connectivity index (χ3n) is 6.54. The first-order chi connectivity index (χ1) is 15.6. The van der Waals surface area contributed by atoms with Crippen LogP contribution in [0.2, 0.25) is 0 Å². The number of carbonyl (C=O) groups excluding carboxylic acids is 2. The van der Waals surface area contributed by atoms with Crippen LogP contribution in [0.1, 0.15) is 57.4 Å². The monoisotopic (exact) mass is 424 g/mol. The molecule has 3 aromatic carbocycles. The van der Waals surface area contributed by atoms with Gasteiger partial charge in [0, 0.05) is 18.2 Å². The summed E-state index contributed by atoms with van der Waals surface area (Å²) < 4.78 is 0. The first-order valence-electron chi connectivity index (χ1n) is 11.4. The van der Waals surface area contributed by atoms with Gasteiger partial charge in [0.1, 0.15) is 0 Å². The average molecular weight is 425 g/mol. The maximum atomic E-state index is 13.7. The molecule has 2 amide bonds. The number of nitrogens with one attached hydrogen (secondary N) is 1. The zero-order valence-corrected chi connectivity index (χ0v) is 18.3. The SMILES string of the molecule is Cc1cccc(C2C(C(=O)NCCc3ccccc3)c3ccccc3C(=O)N2C2CC2)c1. The third kappa shape index (κ3) is 3.93. The van der Waals surface area contributed by atoms with Crippen LogP contribution in [-0.4, -0.2) is 29.3 Å². The number of hydrogen-bond acceptors (Lipinski definition) is 2. The largest absolute Gasteiger partial charge is 0.355 e. The fourth-order valence-corrected chi connectivity index (χ4v) is 4.88. The molecule has 5 rings (SSSR count). The average Bonchev–Trinajstić information content (AvgIpc) is 3.65. The highest BCUT2D eigenvalue weighted by Crippen LogP contribution is 2.47. The van der Waals surface area contributed by atoms with E-state index in [1.807, 2.05) is 53.4 Å². The van der Waals surface area contributed by atoms with Gasteiger partial charge in [-0.15, -0.1) is 0 Å². The van der Waals surface area contributed by atoms with Crippen LogP contribution < -0.4 is 5.32 Å². The maximum absolute atomic E-state index is 13.7. The highest BCUT2D eigenvalue weighted by molar-refractivity contribution is 6.01. The molecule has 2 aliphatic rings. The van der Waals surface area contributed by atoms with E-state index in [0.717, 1.165) is 36.0 Å². The Labute approximate surface area is 189 Å². The molecule has 2 unspecified atom stereocenters. The van der Waals surface area contributed by atoms with E-state index in [2.05, 4.69) is 42.6 Å². The van der Waals surface area contributed by atoms with Crippen molar-refractivity contribution in [2.24, 2.45) is 0 Å². The van der Waals surface area contributed by atoms with Crippen LogP contribution in [0.15, 0.2) is 78.9 Å². The molecule has 4 heteroatoms. The van der Waals surface area contributed by atoms with E-state index in [1.165, 1.54) is 5.56 Å². The van der Waals surface area contributed by atoms with Gasteiger partial charge in [0.05, 0.1) is 12.0 Å². The molecule has 1 saturated carbocycles. The second-order valence-corrected chi connectivity index (χ2v) is 8.89. The van der Waals surface area contributed by atoms with Crippen molar-refractivity contribution in [3.8, 4) is 0 Å². The Morgan fingerprint density at radius 3 is 2.47 bits per heavy atom. The molecule has 0 bridgehead atoms. The van der Waals surface area contributed by atoms with Crippen molar-refractivity contribution < 1.29 is 9.59 Å². The molecule has 162 valence electrons. The van der Waals surface area contributed by atoms with Crippen molar-refractivity contribution in [3.05, 3.63) is 107 Å². The molecule has 0 spiro atoms. The van der Waals surface area contributed by atoms with Crippen LogP contribution in [0.4, 0.5) is 0 Å². The van der Waals surface area contributed by atoms with Gasteiger partial charge in [-0.1, -0.05) is 78.4 Å². The summed E-state index contributed by atoms with van der Waals surface area (Å²) in [4.78, 5) is 29.2. The molecule has 1 N–H and O–H groups in total. The lowest BCUT2D eigenvalue weighted by atomic mass is 9.78. The van der Waals surface area contributed by atoms with Crippen molar-refractivity contribution in [2.45, 2.75) is 44.2 Å². The molecule has 32 heavy (non-hydrogen) atoms. The van der Waals surface area contributed by atoms with E-state index in [-0.39, 0.29) is 23.9 Å². The molecule has 1 fully saturated rings. The molecule has 1 heterocycles. The lowest BCUT2D eigenvalue weighted by molar-refractivity contribution is -0.124. The molecular weight excluding hydrogens is 396 g/mol. The van der Waals surface area contributed by atoms with Crippen molar-refractivity contribution in [1.82, 2.24) is 10.2 Å². The molecule has 0 aromatic heterocycles. The predicted octanol–water partition coefficient (Wildman–Crippen LogP) is 4.80. The van der Waals surface area contributed by atoms with Crippen LogP contribution in [0.25, 0.3) is 0 Å². The number of fused-ring (bicyclic) bond motifs is 1. The quantitative estimate of drug-likeness (QED) is 0.618. The summed E-state index contributed by atoms with van der Waals surface area (Å²) in [5.41, 5.74) is 4.85. The van der Waals surface area contributed by atoms with Gasteiger partial charge >= 0.3 is 0 Å². The highest BCUT2D eigenvalue weighted by Gasteiger charge is 2.48. The van der Waals surface area contributed by atoms with Crippen LogP contribution in [0, 0.1) is 6.92 Å². The summed E-state index contributed by atoms with van der Waals surface area (Å²) in [7, 11) is 0. The van der Waals surface area contributed by atoms with Gasteiger partial charge in [-0.3, -0.25) is 9.59 Å². The number of amides is 2. The van der Waals surface area contributed by atoms with Crippen LogP contribution in [0.5, 0.6) is 0 Å². The molecule has 2 atom stereocenters. The molecule has 1 aliphatic carbocycles. The molecule has 0 radical (unpaired) electrons. The number of aryl methyl sites for hydroxylation is 1. The molecule has 3 aromatic rings. The third-order valence-corrected chi connectivity index (χ3v) is 6.54. The van der Waals surface area contributed by atoms with Crippen molar-refractivity contribution in [1.29, 1.82) is 0 Å². The summed E-state index contributed by atoms with van der Waals surface area (Å²) in [6.07, 6.45) is 2.78. The summed E-state index contributed by atoms with van der Waals surface area (Å²) in [6.45, 7) is 2.62. The van der Waals surface area contributed by atoms with Gasteiger partial charge < -0.3 is 10.2 Å². The van der Waals surface area contributed by atoms with Crippen molar-refractivity contribution in [3.63, 3.8) is 0 Å². The Morgan fingerprint density at radius 2 is 1.72 bits per heavy atom. The Bertz CT molecular complexity index is 1140. The van der Waals surface area contributed by atoms with E-state index in [4.69, 9.17) is 0 Å². The topological polar surface area (TPSA) is 49.4 Å². The van der Waals surface area contributed by atoms with Crippen molar-refractivity contribution >= 4 is 11.8 Å². The minimum Gasteiger partial charge on any atom is -0.355 e. The summed E-state index contributed by atoms with van der Waals surface area (Å²) >= 11 is 0. The summed E-state index contributed by atoms with van der Waals surface area (Å²) in [6, 6.07) is 26.0. The molecular formula is C28H28N2O2. The summed E-state index contributed by atoms with van der Waals surface area (Å²) in [5, 5.41) is 3.17. The van der Waals surface area contributed by atoms with E-state index >= 15 is 0 Å². The minimum absolute atomic E-state index is 0.0157. The fourth-order valence-electron chi connectivity index (χ4n) is 4.88. The second kappa shape index (κ2) is 8.62. The first kappa shape index (κ1) is 20.5. The van der Waals surface area contributed by atoms with Gasteiger partial charge in [0.25, 0.3) is 5.91 Å². The number of carbonyl (C=O) groups is 2. The molecule has 1 aliphatic heterocycles. The van der Waals surface area contributed by atoms with Gasteiger partial charge in [-0.05, 0) is 48.9 Å². The van der Waals surface area contributed by atoms with E-state index in [9.17, 15) is 9.59 Å². The second-order valence-electron chi connectivity index (χ2n) is 8.89. The number of hydrogen-bond donors (Lipinski definition) is 1. The zero-order chi connectivity index (χ0) is 22.1. The summed E-state index contributed by atoms with van der Waals surface area (Å²) in [5.74, 6) is -0.400. The van der Waals surface area contributed by atoms with E-state index in [0.29, 0.717) is 12.1 Å². The normalized spacial score (nSPS) is 20.0. The number of nitrogens with zero attached hydrogens (tertiary/aromatic N) is 1. The van der Waals surface area contributed by atoms with Gasteiger partial charge in [0.15, 0.2) is 0 Å². The lowest BCUT2D eigenvalue weighted by Gasteiger charge is -2.42. The predicted molar refractivity (Wildman–Crippen MR) is 125 cm³/mol. The van der Waals surface area contributed by atoms with E-state index < -0.39 is 5.92 Å². The van der Waals surface area contributed by atoms with Gasteiger partial charge in [-0.2, -0.15) is 0 Å². The fraction of sp³-hybridized carbons (Fsp3) is 0.286. The van der Waals surface area contributed by atoms with E-state index in [1.54, 1.807) is 0 Å². The number of benzene rings is 3. The Hall–Kier alpha value is -3.40. The maximum Gasteiger partial charge on any atom is 0.254 e. The Morgan fingerprint density at radius 1 is 0.969 bits per heavy atom. The molecule has 4 nitrogen and oxygen atoms in total. The molecule has 0 saturated heterocycles. The van der Waals surface area contributed by atoms with Gasteiger partial charge in [-0.25, -0.2) is 0 Å². The lowest BCUT2D eigenvalue weighted by Crippen LogP contribution is -2.48. The smallest absolute Gasteiger partial charge is 0.254 e. The first-order valence-corrected chi connectivity index (χ1v) is 11.4. The number of rotatable bonds is 6. The minimum atomic E-state index is -0.429. The van der Waals surface area contributed by atoms with Crippen molar-refractivity contribution in [2.75, 3.05) is 6.54 Å². The van der Waals surface area contributed by atoms with Crippen LogP contribution >= 0.6 is 0 Å². The van der Waals surface area contributed by atoms with Crippen LogP contribution in [0.3, 0.4) is 0 Å². The zero-order valence-electron chi connectivity index (χ0n) is 18.3. The Balaban J connectivity index is 1.51. The van der Waals surface area contributed by atoms with Gasteiger partial charge in [0.2, 0.25) is 5.91 Å². The highest BCUT2D eigenvalue weighted by atomic mass is 16.2. The van der Waals surface area contributed by atoms with Crippen LogP contribution in [-0.2, 0) is 11.2 Å². The standard InChI is InChI=1S/C28H28N2O2/c1-19-8-7-11-21(18-19)26-25(27(31)29-17-16-20-9-3-2-4-10-20)23-12-5-6-13-24(23)28(32)30(26)22-14-15-22/h2-13,18,22,25-26H,14-17H2,1H3,(H,29,31). The Kier molecular flexibility index (Phi) is 5.52.